The molecule has 0 saturated heterocycles. The van der Waals surface area contributed by atoms with Gasteiger partial charge in [-0.15, -0.1) is 22.0 Å². The van der Waals surface area contributed by atoms with Crippen molar-refractivity contribution >= 4 is 34.3 Å². The Bertz CT molecular complexity index is 874. The van der Waals surface area contributed by atoms with E-state index in [0.717, 1.165) is 22.2 Å². The zero-order chi connectivity index (χ0) is 16.9. The van der Waals surface area contributed by atoms with E-state index < -0.39 is 0 Å². The number of hydrogen-bond acceptors (Lipinski definition) is 4. The average molecular weight is 339 g/mol. The lowest BCUT2D eigenvalue weighted by atomic mass is 10.2. The Hall–Kier alpha value is -2.60. The molecule has 1 amide bonds. The van der Waals surface area contributed by atoms with Crippen molar-refractivity contribution in [3.05, 3.63) is 60.2 Å². The number of fused-ring (bicyclic) bond motifs is 1. The first-order chi connectivity index (χ1) is 11.6. The van der Waals surface area contributed by atoms with Crippen molar-refractivity contribution in [3.63, 3.8) is 0 Å². The maximum Gasteiger partial charge on any atom is 0.277 e. The largest absolute Gasteiger partial charge is 0.493 e. The molecule has 1 atom stereocenters. The number of nitrogens with one attached hydrogen (secondary N) is 1. The number of amides is 1. The van der Waals surface area contributed by atoms with Gasteiger partial charge in [-0.05, 0) is 18.6 Å². The first-order valence-corrected chi connectivity index (χ1v) is 8.61. The van der Waals surface area contributed by atoms with E-state index in [0.29, 0.717) is 5.69 Å². The van der Waals surface area contributed by atoms with Gasteiger partial charge in [-0.2, -0.15) is 0 Å². The van der Waals surface area contributed by atoms with Crippen LogP contribution in [-0.2, 0) is 10.5 Å². The molecule has 3 aromatic rings. The molecule has 3 rings (SSSR count). The molecular formula is C18H17N3O2S. The van der Waals surface area contributed by atoms with Crippen LogP contribution in [-0.4, -0.2) is 21.2 Å². The lowest BCUT2D eigenvalue weighted by Crippen LogP contribution is -2.09. The lowest BCUT2D eigenvalue weighted by Gasteiger charge is -2.06. The van der Waals surface area contributed by atoms with Crippen molar-refractivity contribution in [2.45, 2.75) is 17.9 Å². The Kier molecular flexibility index (Phi) is 4.96. The number of H-pyrrole nitrogens is 1. The predicted octanol–water partition coefficient (Wildman–Crippen LogP) is 4.81. The zero-order valence-corrected chi connectivity index (χ0v) is 14.0. The van der Waals surface area contributed by atoms with Crippen molar-refractivity contribution in [1.29, 1.82) is 0 Å². The molecule has 0 radical (unpaired) electrons. The number of carbonyl (C=O) groups excluding carboxylic acids is 1. The molecule has 2 N–H and O–H groups in total. The normalized spacial score (nSPS) is 12.7. The standard InChI is InChI=1S/C18H17N3O2S/c1-12(24-11-13-7-3-2-4-8-13)17(22)21-20-16-14-9-5-6-10-15(14)19-18(16)23/h2-10,12,19,23H,11H2,1H3/t12-/m0/s1. The molecule has 2 aromatic carbocycles. The number of thioether (sulfide) groups is 1. The topological polar surface area (TPSA) is 77.8 Å². The van der Waals surface area contributed by atoms with Gasteiger partial charge < -0.3 is 10.1 Å². The van der Waals surface area contributed by atoms with E-state index in [4.69, 9.17) is 0 Å². The molecule has 0 saturated carbocycles. The van der Waals surface area contributed by atoms with Gasteiger partial charge in [0.2, 0.25) is 5.88 Å². The minimum Gasteiger partial charge on any atom is -0.493 e. The summed E-state index contributed by atoms with van der Waals surface area (Å²) in [5.41, 5.74) is 2.20. The number of nitrogens with zero attached hydrogens (tertiary/aromatic N) is 2. The van der Waals surface area contributed by atoms with Gasteiger partial charge in [0.25, 0.3) is 5.91 Å². The number of hydrogen-bond donors (Lipinski definition) is 2. The van der Waals surface area contributed by atoms with Gasteiger partial charge in [-0.3, -0.25) is 4.79 Å². The molecule has 0 unspecified atom stereocenters. The van der Waals surface area contributed by atoms with E-state index in [-0.39, 0.29) is 17.0 Å². The molecule has 0 spiro atoms. The summed E-state index contributed by atoms with van der Waals surface area (Å²) in [7, 11) is 0. The molecule has 0 bridgehead atoms. The minimum atomic E-state index is -0.319. The highest BCUT2D eigenvalue weighted by Gasteiger charge is 2.15. The van der Waals surface area contributed by atoms with Gasteiger partial charge in [-0.1, -0.05) is 48.5 Å². The number of azo groups is 1. The van der Waals surface area contributed by atoms with Crippen LogP contribution in [0.15, 0.2) is 64.8 Å². The fourth-order valence-corrected chi connectivity index (χ4v) is 3.09. The molecule has 1 aromatic heterocycles. The number of carbonyl (C=O) groups is 1. The summed E-state index contributed by atoms with van der Waals surface area (Å²) in [4.78, 5) is 14.9. The van der Waals surface area contributed by atoms with E-state index in [9.17, 15) is 9.90 Å². The van der Waals surface area contributed by atoms with Crippen LogP contribution in [0.2, 0.25) is 0 Å². The Morgan fingerprint density at radius 2 is 1.88 bits per heavy atom. The fraction of sp³-hybridized carbons (Fsp3) is 0.167. The molecule has 5 nitrogen and oxygen atoms in total. The summed E-state index contributed by atoms with van der Waals surface area (Å²) in [6.07, 6.45) is 0. The number of benzene rings is 2. The Labute approximate surface area is 143 Å². The monoisotopic (exact) mass is 339 g/mol. The fourth-order valence-electron chi connectivity index (χ4n) is 2.26. The van der Waals surface area contributed by atoms with E-state index in [1.807, 2.05) is 61.5 Å². The molecule has 122 valence electrons. The molecule has 24 heavy (non-hydrogen) atoms. The third-order valence-corrected chi connectivity index (χ3v) is 4.80. The zero-order valence-electron chi connectivity index (χ0n) is 13.1. The van der Waals surface area contributed by atoms with Gasteiger partial charge in [0.15, 0.2) is 5.69 Å². The van der Waals surface area contributed by atoms with Crippen LogP contribution < -0.4 is 0 Å². The molecular weight excluding hydrogens is 322 g/mol. The number of rotatable bonds is 5. The summed E-state index contributed by atoms with van der Waals surface area (Å²) in [6.45, 7) is 1.81. The summed E-state index contributed by atoms with van der Waals surface area (Å²) < 4.78 is 0. The van der Waals surface area contributed by atoms with E-state index >= 15 is 0 Å². The summed E-state index contributed by atoms with van der Waals surface area (Å²) in [5.74, 6) is 0.333. The first-order valence-electron chi connectivity index (χ1n) is 7.56. The number of aromatic amines is 1. The number of para-hydroxylation sites is 1. The van der Waals surface area contributed by atoms with Crippen LogP contribution in [0.5, 0.6) is 5.88 Å². The maximum absolute atomic E-state index is 12.1. The minimum absolute atomic E-state index is 0.0858. The van der Waals surface area contributed by atoms with Gasteiger partial charge in [0.1, 0.15) is 0 Å². The third-order valence-electron chi connectivity index (χ3n) is 3.60. The van der Waals surface area contributed by atoms with E-state index in [2.05, 4.69) is 15.2 Å². The smallest absolute Gasteiger partial charge is 0.277 e. The molecule has 0 fully saturated rings. The van der Waals surface area contributed by atoms with E-state index in [1.54, 1.807) is 0 Å². The highest BCUT2D eigenvalue weighted by atomic mass is 32.2. The van der Waals surface area contributed by atoms with Gasteiger partial charge in [0.05, 0.1) is 10.8 Å². The predicted molar refractivity (Wildman–Crippen MR) is 96.7 cm³/mol. The Morgan fingerprint density at radius 1 is 1.17 bits per heavy atom. The molecule has 0 aliphatic heterocycles. The molecule has 1 heterocycles. The average Bonchev–Trinajstić information content (AvgIpc) is 2.93. The second-order valence-electron chi connectivity index (χ2n) is 5.34. The maximum atomic E-state index is 12.1. The second kappa shape index (κ2) is 7.31. The number of aromatic hydroxyl groups is 1. The van der Waals surface area contributed by atoms with Crippen molar-refractivity contribution in [2.24, 2.45) is 10.2 Å². The molecule has 0 aliphatic rings. The van der Waals surface area contributed by atoms with E-state index in [1.165, 1.54) is 11.8 Å². The van der Waals surface area contributed by atoms with Gasteiger partial charge >= 0.3 is 0 Å². The SMILES string of the molecule is C[C@H](SCc1ccccc1)C(=O)N=Nc1c(O)[nH]c2ccccc12. The van der Waals surface area contributed by atoms with Gasteiger partial charge in [-0.25, -0.2) is 0 Å². The van der Waals surface area contributed by atoms with Crippen LogP contribution >= 0.6 is 11.8 Å². The second-order valence-corrected chi connectivity index (χ2v) is 6.67. The Balaban J connectivity index is 1.67. The van der Waals surface area contributed by atoms with Crippen LogP contribution in [0.3, 0.4) is 0 Å². The molecule has 0 aliphatic carbocycles. The van der Waals surface area contributed by atoms with Crippen LogP contribution in [0, 0.1) is 0 Å². The Morgan fingerprint density at radius 3 is 2.67 bits per heavy atom. The number of aromatic nitrogens is 1. The third kappa shape index (κ3) is 3.65. The van der Waals surface area contributed by atoms with Crippen molar-refractivity contribution in [2.75, 3.05) is 0 Å². The highest BCUT2D eigenvalue weighted by Crippen LogP contribution is 2.35. The van der Waals surface area contributed by atoms with Crippen molar-refractivity contribution in [3.8, 4) is 5.88 Å². The lowest BCUT2D eigenvalue weighted by molar-refractivity contribution is -0.117. The summed E-state index contributed by atoms with van der Waals surface area (Å²) in [5, 5.41) is 18.1. The summed E-state index contributed by atoms with van der Waals surface area (Å²) >= 11 is 1.51. The first kappa shape index (κ1) is 16.3. The highest BCUT2D eigenvalue weighted by molar-refractivity contribution is 7.99. The van der Waals surface area contributed by atoms with Crippen LogP contribution in [0.4, 0.5) is 5.69 Å². The van der Waals surface area contributed by atoms with Crippen LogP contribution in [0.25, 0.3) is 10.9 Å². The van der Waals surface area contributed by atoms with Crippen molar-refractivity contribution in [1.82, 2.24) is 4.98 Å². The van der Waals surface area contributed by atoms with Gasteiger partial charge in [0, 0.05) is 11.1 Å². The molecule has 6 heteroatoms. The quantitative estimate of drug-likeness (QED) is 0.655. The summed E-state index contributed by atoms with van der Waals surface area (Å²) in [6, 6.07) is 17.3. The van der Waals surface area contributed by atoms with Crippen molar-refractivity contribution < 1.29 is 9.90 Å². The van der Waals surface area contributed by atoms with Crippen LogP contribution in [0.1, 0.15) is 12.5 Å².